The first-order chi connectivity index (χ1) is 12.3. The Morgan fingerprint density at radius 1 is 1.08 bits per heavy atom. The van der Waals surface area contributed by atoms with Gasteiger partial charge in [0.1, 0.15) is 5.82 Å². The van der Waals surface area contributed by atoms with Crippen molar-refractivity contribution in [3.8, 4) is 0 Å². The molecule has 1 saturated carbocycles. The van der Waals surface area contributed by atoms with E-state index in [1.54, 1.807) is 24.7 Å². The zero-order chi connectivity index (χ0) is 17.3. The van der Waals surface area contributed by atoms with Gasteiger partial charge in [-0.25, -0.2) is 4.98 Å². The van der Waals surface area contributed by atoms with Gasteiger partial charge in [-0.05, 0) is 42.2 Å². The minimum atomic E-state index is -0.0545. The van der Waals surface area contributed by atoms with Crippen molar-refractivity contribution in [2.75, 3.05) is 11.9 Å². The molecule has 2 aromatic rings. The fraction of sp³-hybridized carbons (Fsp3) is 0.450. The molecule has 0 aromatic carbocycles. The highest BCUT2D eigenvalue weighted by atomic mass is 16.1. The number of nitrogens with one attached hydrogen (secondary N) is 2. The van der Waals surface area contributed by atoms with Crippen molar-refractivity contribution in [3.05, 3.63) is 54.0 Å². The third-order valence-electron chi connectivity index (χ3n) is 4.82. The van der Waals surface area contributed by atoms with Crippen LogP contribution in [-0.4, -0.2) is 22.4 Å². The van der Waals surface area contributed by atoms with Crippen LogP contribution in [0.15, 0.2) is 42.9 Å². The highest BCUT2D eigenvalue weighted by Crippen LogP contribution is 2.25. The summed E-state index contributed by atoms with van der Waals surface area (Å²) in [4.78, 5) is 20.9. The zero-order valence-electron chi connectivity index (χ0n) is 14.6. The number of hydrogen-bond donors (Lipinski definition) is 2. The van der Waals surface area contributed by atoms with Crippen molar-refractivity contribution in [1.82, 2.24) is 15.3 Å². The van der Waals surface area contributed by atoms with E-state index in [1.165, 1.54) is 32.1 Å². The Morgan fingerprint density at radius 2 is 1.88 bits per heavy atom. The van der Waals surface area contributed by atoms with Crippen LogP contribution in [0, 0.1) is 5.92 Å². The summed E-state index contributed by atoms with van der Waals surface area (Å²) in [6.45, 7) is 1.35. The topological polar surface area (TPSA) is 66.9 Å². The maximum absolute atomic E-state index is 12.5. The molecule has 2 aromatic heterocycles. The second-order valence-corrected chi connectivity index (χ2v) is 6.66. The molecule has 0 atom stereocenters. The van der Waals surface area contributed by atoms with Crippen LogP contribution in [-0.2, 0) is 6.54 Å². The molecule has 0 unspecified atom stereocenters. The molecule has 0 saturated heterocycles. The Kier molecular flexibility index (Phi) is 6.37. The molecule has 5 heteroatoms. The summed E-state index contributed by atoms with van der Waals surface area (Å²) in [7, 11) is 0. The molecule has 1 fully saturated rings. The van der Waals surface area contributed by atoms with Gasteiger partial charge >= 0.3 is 0 Å². The average molecular weight is 338 g/mol. The van der Waals surface area contributed by atoms with E-state index in [-0.39, 0.29) is 5.91 Å². The Labute approximate surface area is 149 Å². The Morgan fingerprint density at radius 3 is 2.68 bits per heavy atom. The molecule has 3 rings (SSSR count). The van der Waals surface area contributed by atoms with Crippen LogP contribution in [0.3, 0.4) is 0 Å². The van der Waals surface area contributed by atoms with Crippen LogP contribution in [0.1, 0.15) is 54.4 Å². The molecule has 0 spiro atoms. The van der Waals surface area contributed by atoms with E-state index < -0.39 is 0 Å². The van der Waals surface area contributed by atoms with E-state index in [2.05, 4.69) is 20.6 Å². The number of hydrogen-bond acceptors (Lipinski definition) is 4. The summed E-state index contributed by atoms with van der Waals surface area (Å²) in [5.74, 6) is 1.34. The highest BCUT2D eigenvalue weighted by molar-refractivity contribution is 5.98. The SMILES string of the molecule is O=C(NCCC1CCCCC1)c1cccnc1NCc1ccncc1. The maximum atomic E-state index is 12.5. The van der Waals surface area contributed by atoms with Gasteiger partial charge in [0.25, 0.3) is 5.91 Å². The van der Waals surface area contributed by atoms with Crippen molar-refractivity contribution < 1.29 is 4.79 Å². The number of aromatic nitrogens is 2. The number of rotatable bonds is 7. The molecule has 0 aliphatic heterocycles. The zero-order valence-corrected chi connectivity index (χ0v) is 14.6. The van der Waals surface area contributed by atoms with Crippen LogP contribution in [0.4, 0.5) is 5.82 Å². The quantitative estimate of drug-likeness (QED) is 0.806. The summed E-state index contributed by atoms with van der Waals surface area (Å²) in [6.07, 6.45) is 12.9. The third-order valence-corrected chi connectivity index (χ3v) is 4.82. The van der Waals surface area contributed by atoms with Gasteiger partial charge in [0.05, 0.1) is 5.56 Å². The predicted molar refractivity (Wildman–Crippen MR) is 99.3 cm³/mol. The van der Waals surface area contributed by atoms with Gasteiger partial charge in [-0.2, -0.15) is 0 Å². The lowest BCUT2D eigenvalue weighted by molar-refractivity contribution is 0.0951. The first kappa shape index (κ1) is 17.4. The second kappa shape index (κ2) is 9.16. The van der Waals surface area contributed by atoms with Gasteiger partial charge in [-0.3, -0.25) is 9.78 Å². The average Bonchev–Trinajstić information content (AvgIpc) is 2.68. The predicted octanol–water partition coefficient (Wildman–Crippen LogP) is 3.79. The van der Waals surface area contributed by atoms with Gasteiger partial charge in [-0.15, -0.1) is 0 Å². The number of nitrogens with zero attached hydrogens (tertiary/aromatic N) is 2. The molecular weight excluding hydrogens is 312 g/mol. The molecule has 1 aliphatic rings. The first-order valence-electron chi connectivity index (χ1n) is 9.19. The van der Waals surface area contributed by atoms with Crippen LogP contribution >= 0.6 is 0 Å². The molecule has 2 heterocycles. The lowest BCUT2D eigenvalue weighted by Crippen LogP contribution is -2.27. The van der Waals surface area contributed by atoms with E-state index in [1.807, 2.05) is 18.2 Å². The van der Waals surface area contributed by atoms with Gasteiger partial charge in [0.2, 0.25) is 0 Å². The molecule has 132 valence electrons. The third kappa shape index (κ3) is 5.28. The Hall–Kier alpha value is -2.43. The number of anilines is 1. The number of amides is 1. The minimum Gasteiger partial charge on any atom is -0.365 e. The van der Waals surface area contributed by atoms with E-state index in [0.29, 0.717) is 17.9 Å². The number of pyridine rings is 2. The smallest absolute Gasteiger partial charge is 0.255 e. The fourth-order valence-corrected chi connectivity index (χ4v) is 3.38. The van der Waals surface area contributed by atoms with Crippen molar-refractivity contribution in [2.24, 2.45) is 5.92 Å². The van der Waals surface area contributed by atoms with E-state index in [9.17, 15) is 4.79 Å². The molecular formula is C20H26N4O. The lowest BCUT2D eigenvalue weighted by Gasteiger charge is -2.21. The van der Waals surface area contributed by atoms with Crippen molar-refractivity contribution in [3.63, 3.8) is 0 Å². The summed E-state index contributed by atoms with van der Waals surface area (Å²) in [5.41, 5.74) is 1.70. The van der Waals surface area contributed by atoms with Crippen LogP contribution < -0.4 is 10.6 Å². The minimum absolute atomic E-state index is 0.0545. The number of carbonyl (C=O) groups is 1. The first-order valence-corrected chi connectivity index (χ1v) is 9.19. The molecule has 0 radical (unpaired) electrons. The van der Waals surface area contributed by atoms with Crippen LogP contribution in [0.2, 0.25) is 0 Å². The maximum Gasteiger partial charge on any atom is 0.255 e. The second-order valence-electron chi connectivity index (χ2n) is 6.66. The van der Waals surface area contributed by atoms with Crippen molar-refractivity contribution in [2.45, 2.75) is 45.1 Å². The molecule has 5 nitrogen and oxygen atoms in total. The Bertz CT molecular complexity index is 668. The summed E-state index contributed by atoms with van der Waals surface area (Å²) < 4.78 is 0. The summed E-state index contributed by atoms with van der Waals surface area (Å²) in [6, 6.07) is 7.51. The van der Waals surface area contributed by atoms with Gasteiger partial charge < -0.3 is 10.6 Å². The fourth-order valence-electron chi connectivity index (χ4n) is 3.38. The van der Waals surface area contributed by atoms with Crippen molar-refractivity contribution >= 4 is 11.7 Å². The lowest BCUT2D eigenvalue weighted by atomic mass is 9.87. The summed E-state index contributed by atoms with van der Waals surface area (Å²) in [5, 5.41) is 6.31. The monoisotopic (exact) mass is 338 g/mol. The normalized spacial score (nSPS) is 14.9. The largest absolute Gasteiger partial charge is 0.365 e. The van der Waals surface area contributed by atoms with Crippen LogP contribution in [0.25, 0.3) is 0 Å². The standard InChI is InChI=1S/C20H26N4O/c25-20(23-14-10-16-5-2-1-3-6-16)18-7-4-11-22-19(18)24-15-17-8-12-21-13-9-17/h4,7-9,11-13,16H,1-3,5-6,10,14-15H2,(H,22,24)(H,23,25). The van der Waals surface area contributed by atoms with Gasteiger partial charge in [-0.1, -0.05) is 32.1 Å². The van der Waals surface area contributed by atoms with Crippen molar-refractivity contribution in [1.29, 1.82) is 0 Å². The molecule has 0 bridgehead atoms. The van der Waals surface area contributed by atoms with E-state index >= 15 is 0 Å². The highest BCUT2D eigenvalue weighted by Gasteiger charge is 2.15. The van der Waals surface area contributed by atoms with E-state index in [4.69, 9.17) is 0 Å². The molecule has 25 heavy (non-hydrogen) atoms. The van der Waals surface area contributed by atoms with E-state index in [0.717, 1.165) is 24.4 Å². The van der Waals surface area contributed by atoms with Gasteiger partial charge in [0, 0.05) is 31.7 Å². The molecule has 2 N–H and O–H groups in total. The number of carbonyl (C=O) groups excluding carboxylic acids is 1. The molecule has 1 amide bonds. The summed E-state index contributed by atoms with van der Waals surface area (Å²) >= 11 is 0. The Balaban J connectivity index is 1.53. The van der Waals surface area contributed by atoms with Gasteiger partial charge in [0.15, 0.2) is 0 Å². The van der Waals surface area contributed by atoms with Crippen LogP contribution in [0.5, 0.6) is 0 Å². The molecule has 1 aliphatic carbocycles.